The van der Waals surface area contributed by atoms with Crippen LogP contribution in [0.25, 0.3) is 0 Å². The van der Waals surface area contributed by atoms with E-state index in [9.17, 15) is 14.4 Å². The number of rotatable bonds is 6. The van der Waals surface area contributed by atoms with Crippen molar-refractivity contribution in [2.75, 3.05) is 12.9 Å². The number of methoxy groups -OCH3 is 1. The number of amides is 1. The molecule has 1 N–H and O–H groups in total. The second kappa shape index (κ2) is 27.3. The van der Waals surface area contributed by atoms with Crippen molar-refractivity contribution in [3.8, 4) is 12.3 Å². The van der Waals surface area contributed by atoms with E-state index in [1.54, 1.807) is 18.2 Å². The van der Waals surface area contributed by atoms with Crippen molar-refractivity contribution < 1.29 is 19.1 Å². The number of carbonyl (C=O) groups excluding carboxylic acids is 3. The fourth-order valence-electron chi connectivity index (χ4n) is 5.84. The van der Waals surface area contributed by atoms with Gasteiger partial charge in [-0.1, -0.05) is 195 Å². The lowest BCUT2D eigenvalue weighted by Crippen LogP contribution is -2.41. The quantitative estimate of drug-likeness (QED) is 0.0666. The van der Waals surface area contributed by atoms with Gasteiger partial charge in [-0.25, -0.2) is 4.79 Å². The lowest BCUT2D eigenvalue weighted by Gasteiger charge is -2.30. The topological polar surface area (TPSA) is 72.5 Å². The van der Waals surface area contributed by atoms with Gasteiger partial charge < -0.3 is 10.1 Å². The predicted molar refractivity (Wildman–Crippen MR) is 284 cm³/mol. The van der Waals surface area contributed by atoms with Crippen LogP contribution in [0.4, 0.5) is 0 Å². The van der Waals surface area contributed by atoms with Gasteiger partial charge in [0.15, 0.2) is 5.78 Å². The van der Waals surface area contributed by atoms with Crippen molar-refractivity contribution in [1.82, 2.24) is 5.32 Å². The maximum atomic E-state index is 13.0. The van der Waals surface area contributed by atoms with Crippen molar-refractivity contribution in [2.45, 2.75) is 135 Å². The van der Waals surface area contributed by atoms with Crippen molar-refractivity contribution in [1.29, 1.82) is 0 Å². The van der Waals surface area contributed by atoms with Crippen LogP contribution < -0.4 is 21.2 Å². The van der Waals surface area contributed by atoms with Crippen LogP contribution in [-0.4, -0.2) is 41.8 Å². The SMILES string of the molecule is C#CC(C)(C)C.C=C/C=C\C(C)(C)C.C=CC(C)(C)C.CC.CC(C)(C)C1SCC2CC(=O)NC21.COC(=O)c1ccc(C(=O)C(C)(C)C)cc1P(c1ccccc1)c1ccccc1. The number of thioether (sulfide) groups is 1. The van der Waals surface area contributed by atoms with Crippen LogP contribution >= 0.6 is 19.7 Å². The van der Waals surface area contributed by atoms with E-state index in [2.05, 4.69) is 117 Å². The van der Waals surface area contributed by atoms with Crippen molar-refractivity contribution in [3.05, 3.63) is 127 Å². The number of allylic oxidation sites excluding steroid dienone is 4. The summed E-state index contributed by atoms with van der Waals surface area (Å²) in [7, 11) is 0.348. The fourth-order valence-corrected chi connectivity index (χ4v) is 10.1. The highest BCUT2D eigenvalue weighted by Crippen LogP contribution is 2.45. The van der Waals surface area contributed by atoms with Gasteiger partial charge in [-0.15, -0.1) is 18.9 Å². The van der Waals surface area contributed by atoms with E-state index in [1.807, 2.05) is 122 Å². The standard InChI is InChI=1S/C25H25O3P.C10H17NOS.C8H14.C6H12.C6H10.C2H6/c1-25(2,3)23(26)18-15-16-21(24(27)28-4)22(17-18)29(19-11-7-5-8-12-19)20-13-9-6-10-14-20;1-10(2,3)9-8-6(5-13-9)4-7(12)11-8;1-5-6-7-8(2,3)4;2*1-5-6(2,3)4;1-2/h5-17H,1-4H3;6,8-9H,4-5H2,1-3H3,(H,11,12);5-7H,1H2,2-4H3;5H,1H2,2-4H3;1H,2-4H3;1-2H3/b;;7-6-;;;. The molecule has 7 heteroatoms. The number of fused-ring (bicyclic) bond motifs is 1. The number of ketones is 1. The molecule has 3 atom stereocenters. The summed E-state index contributed by atoms with van der Waals surface area (Å²) in [5.41, 5.74) is 1.58. The van der Waals surface area contributed by atoms with E-state index in [4.69, 9.17) is 11.2 Å². The van der Waals surface area contributed by atoms with Gasteiger partial charge in [0.1, 0.15) is 0 Å². The summed E-state index contributed by atoms with van der Waals surface area (Å²) in [5, 5.41) is 6.77. The molecule has 0 bridgehead atoms. The van der Waals surface area contributed by atoms with Gasteiger partial charge in [-0.3, -0.25) is 9.59 Å². The molecule has 3 unspecified atom stereocenters. The van der Waals surface area contributed by atoms with Crippen LogP contribution in [0.1, 0.15) is 145 Å². The molecule has 352 valence electrons. The highest BCUT2D eigenvalue weighted by molar-refractivity contribution is 8.00. The molecule has 2 saturated heterocycles. The van der Waals surface area contributed by atoms with Crippen LogP contribution in [0.3, 0.4) is 0 Å². The first kappa shape index (κ1) is 59.8. The zero-order valence-corrected chi connectivity index (χ0v) is 44.7. The van der Waals surface area contributed by atoms with Crippen molar-refractivity contribution >= 4 is 53.3 Å². The Morgan fingerprint density at radius 2 is 1.27 bits per heavy atom. The summed E-state index contributed by atoms with van der Waals surface area (Å²) in [6, 6.07) is 26.0. The first-order valence-electron chi connectivity index (χ1n) is 22.5. The molecule has 2 aliphatic rings. The van der Waals surface area contributed by atoms with E-state index >= 15 is 0 Å². The minimum atomic E-state index is -1.03. The Kier molecular flexibility index (Phi) is 25.6. The Bertz CT molecular complexity index is 1920. The third kappa shape index (κ3) is 22.6. The summed E-state index contributed by atoms with van der Waals surface area (Å²) in [6.07, 6.45) is 13.6. The second-order valence-electron chi connectivity index (χ2n) is 20.9. The molecule has 0 aromatic heterocycles. The molecule has 3 aromatic carbocycles. The van der Waals surface area contributed by atoms with E-state index in [0.717, 1.165) is 28.1 Å². The number of Topliss-reactive ketones (excluding diaryl/α,β-unsaturated/α-hetero) is 1. The molecule has 0 aliphatic carbocycles. The number of nitrogens with one attached hydrogen (secondary N) is 1. The Hall–Kier alpha value is -4.17. The Morgan fingerprint density at radius 3 is 1.61 bits per heavy atom. The van der Waals surface area contributed by atoms with Gasteiger partial charge in [0.05, 0.1) is 12.7 Å². The van der Waals surface area contributed by atoms with E-state index in [1.165, 1.54) is 7.11 Å². The van der Waals surface area contributed by atoms with Crippen LogP contribution in [0.5, 0.6) is 0 Å². The maximum absolute atomic E-state index is 13.0. The molecule has 2 aliphatic heterocycles. The number of hydrogen-bond donors (Lipinski definition) is 1. The zero-order chi connectivity index (χ0) is 49.7. The maximum Gasteiger partial charge on any atom is 0.338 e. The van der Waals surface area contributed by atoms with Crippen molar-refractivity contribution in [3.63, 3.8) is 0 Å². The van der Waals surface area contributed by atoms with Gasteiger partial charge in [-0.2, -0.15) is 11.8 Å². The molecular weight excluding hydrogens is 826 g/mol. The third-order valence-corrected chi connectivity index (χ3v) is 13.8. The summed E-state index contributed by atoms with van der Waals surface area (Å²) in [5.74, 6) is 4.27. The number of ether oxygens (including phenoxy) is 1. The van der Waals surface area contributed by atoms with Crippen LogP contribution in [-0.2, 0) is 9.53 Å². The molecule has 64 heavy (non-hydrogen) atoms. The minimum absolute atomic E-state index is 0.0474. The minimum Gasteiger partial charge on any atom is -0.465 e. The molecule has 2 fully saturated rings. The Balaban J connectivity index is 0.000000928. The van der Waals surface area contributed by atoms with Gasteiger partial charge in [0.2, 0.25) is 5.91 Å². The number of hydrogen-bond acceptors (Lipinski definition) is 5. The van der Waals surface area contributed by atoms with Crippen LogP contribution in [0, 0.1) is 45.3 Å². The first-order valence-corrected chi connectivity index (χ1v) is 24.9. The molecule has 5 nitrogen and oxygen atoms in total. The van der Waals surface area contributed by atoms with Gasteiger partial charge in [-0.05, 0) is 79.4 Å². The molecule has 0 radical (unpaired) electrons. The number of esters is 1. The highest BCUT2D eigenvalue weighted by atomic mass is 32.2. The third-order valence-electron chi connectivity index (χ3n) is 9.35. The largest absolute Gasteiger partial charge is 0.465 e. The highest BCUT2D eigenvalue weighted by Gasteiger charge is 2.47. The average Bonchev–Trinajstić information content (AvgIpc) is 3.80. The van der Waals surface area contributed by atoms with Crippen molar-refractivity contribution in [2.24, 2.45) is 33.0 Å². The fraction of sp³-hybridized carbons (Fsp3) is 0.491. The van der Waals surface area contributed by atoms with Crippen LogP contribution in [0.2, 0.25) is 0 Å². The number of terminal acetylenes is 1. The van der Waals surface area contributed by atoms with E-state index in [0.29, 0.717) is 44.6 Å². The Labute approximate surface area is 396 Å². The lowest BCUT2D eigenvalue weighted by molar-refractivity contribution is -0.119. The molecule has 2 heterocycles. The van der Waals surface area contributed by atoms with E-state index in [-0.39, 0.29) is 17.1 Å². The zero-order valence-electron chi connectivity index (χ0n) is 42.9. The summed E-state index contributed by atoms with van der Waals surface area (Å²) < 4.78 is 5.05. The molecule has 0 saturated carbocycles. The van der Waals surface area contributed by atoms with Gasteiger partial charge >= 0.3 is 5.97 Å². The molecule has 3 aromatic rings. The number of carbonyl (C=O) groups is 3. The molecular formula is C57H84NO4PS. The monoisotopic (exact) mass is 910 g/mol. The molecule has 0 spiro atoms. The summed E-state index contributed by atoms with van der Waals surface area (Å²) in [6.45, 7) is 42.6. The Morgan fingerprint density at radius 1 is 0.797 bits per heavy atom. The number of benzene rings is 3. The normalized spacial score (nSPS) is 16.7. The van der Waals surface area contributed by atoms with Gasteiger partial charge in [0, 0.05) is 39.4 Å². The van der Waals surface area contributed by atoms with E-state index < -0.39 is 19.3 Å². The van der Waals surface area contributed by atoms with Crippen LogP contribution in [0.15, 0.2) is 116 Å². The lowest BCUT2D eigenvalue weighted by atomic mass is 9.84. The van der Waals surface area contributed by atoms with Gasteiger partial charge in [0.25, 0.3) is 0 Å². The molecule has 5 rings (SSSR count). The summed E-state index contributed by atoms with van der Waals surface area (Å²) in [4.78, 5) is 36.7. The smallest absolute Gasteiger partial charge is 0.338 e. The first-order chi connectivity index (χ1) is 29.5. The average molecular weight is 910 g/mol. The predicted octanol–water partition coefficient (Wildman–Crippen LogP) is 13.8. The molecule has 1 amide bonds. The summed E-state index contributed by atoms with van der Waals surface area (Å²) >= 11 is 2.03. The second-order valence-corrected chi connectivity index (χ2v) is 24.3.